The van der Waals surface area contributed by atoms with Crippen molar-refractivity contribution >= 4 is 25.8 Å². The maximum atomic E-state index is 12.0. The van der Waals surface area contributed by atoms with Gasteiger partial charge in [-0.1, -0.05) is 12.1 Å². The summed E-state index contributed by atoms with van der Waals surface area (Å²) in [4.78, 5) is 40.7. The molecule has 0 unspecified atom stereocenters. The molecular weight excluding hydrogens is 249 g/mol. The highest BCUT2D eigenvalue weighted by molar-refractivity contribution is 6.20. The van der Waals surface area contributed by atoms with Gasteiger partial charge in [0.2, 0.25) is 0 Å². The Balaban J connectivity index is 1.87. The van der Waals surface area contributed by atoms with E-state index in [0.717, 1.165) is 0 Å². The van der Waals surface area contributed by atoms with Gasteiger partial charge in [-0.05, 0) is 25.0 Å². The molecule has 6 nitrogen and oxygen atoms in total. The topological polar surface area (TPSA) is 72.9 Å². The highest BCUT2D eigenvalue weighted by atomic mass is 16.7. The first-order valence-corrected chi connectivity index (χ1v) is 5.67. The van der Waals surface area contributed by atoms with E-state index >= 15 is 0 Å². The van der Waals surface area contributed by atoms with Crippen molar-refractivity contribution in [3.05, 3.63) is 35.4 Å². The summed E-state index contributed by atoms with van der Waals surface area (Å²) < 4.78 is 4.12. The summed E-state index contributed by atoms with van der Waals surface area (Å²) >= 11 is 0. The molecule has 2 amide bonds. The number of benzene rings is 1. The molecule has 0 bridgehead atoms. The van der Waals surface area contributed by atoms with Gasteiger partial charge in [-0.3, -0.25) is 14.4 Å². The maximum Gasteiger partial charge on any atom is 0.378 e. The Labute approximate surface area is 109 Å². The monoisotopic (exact) mass is 257 g/mol. The average Bonchev–Trinajstić information content (AvgIpc) is 3.19. The quantitative estimate of drug-likeness (QED) is 0.577. The summed E-state index contributed by atoms with van der Waals surface area (Å²) in [5.41, 5.74) is -0.795. The van der Waals surface area contributed by atoms with Crippen LogP contribution in [-0.2, 0) is 14.3 Å². The Bertz CT molecular complexity index is 561. The van der Waals surface area contributed by atoms with Crippen molar-refractivity contribution in [3.8, 4) is 0 Å². The molecule has 1 saturated carbocycles. The lowest BCUT2D eigenvalue weighted by atomic mass is 10.1. The molecule has 7 heteroatoms. The Morgan fingerprint density at radius 2 is 1.68 bits per heavy atom. The van der Waals surface area contributed by atoms with Crippen LogP contribution in [0.25, 0.3) is 0 Å². The third kappa shape index (κ3) is 1.66. The van der Waals surface area contributed by atoms with E-state index in [1.165, 1.54) is 12.1 Å². The molecule has 0 atom stereocenters. The number of rotatable bonds is 3. The van der Waals surface area contributed by atoms with Crippen molar-refractivity contribution in [1.29, 1.82) is 0 Å². The Morgan fingerprint density at radius 1 is 1.16 bits per heavy atom. The molecule has 94 valence electrons. The lowest BCUT2D eigenvalue weighted by molar-refractivity contribution is -0.179. The van der Waals surface area contributed by atoms with Crippen molar-refractivity contribution in [2.24, 2.45) is 0 Å². The molecule has 1 aromatic rings. The van der Waals surface area contributed by atoms with Gasteiger partial charge in [0.1, 0.15) is 0 Å². The lowest BCUT2D eigenvalue weighted by Gasteiger charge is -2.19. The molecule has 0 spiro atoms. The highest BCUT2D eigenvalue weighted by Crippen LogP contribution is 2.42. The van der Waals surface area contributed by atoms with Crippen LogP contribution < -0.4 is 0 Å². The lowest BCUT2D eigenvalue weighted by Crippen LogP contribution is -2.40. The van der Waals surface area contributed by atoms with Gasteiger partial charge in [-0.25, -0.2) is 4.84 Å². The Morgan fingerprint density at radius 3 is 2.11 bits per heavy atom. The van der Waals surface area contributed by atoms with Crippen molar-refractivity contribution < 1.29 is 23.9 Å². The fraction of sp³-hybridized carbons (Fsp3) is 0.250. The summed E-state index contributed by atoms with van der Waals surface area (Å²) in [6.45, 7) is 0. The normalized spacial score (nSPS) is 19.3. The number of imide groups is 1. The molecule has 1 aliphatic carbocycles. The zero-order chi connectivity index (χ0) is 13.6. The minimum absolute atomic E-state index is 0.254. The first kappa shape index (κ1) is 11.9. The van der Waals surface area contributed by atoms with Gasteiger partial charge in [-0.15, -0.1) is 5.06 Å². The fourth-order valence-electron chi connectivity index (χ4n) is 1.98. The smallest absolute Gasteiger partial charge is 0.378 e. The molecule has 0 aromatic heterocycles. The third-order valence-corrected chi connectivity index (χ3v) is 3.21. The van der Waals surface area contributed by atoms with Gasteiger partial charge < -0.3 is 4.65 Å². The first-order chi connectivity index (χ1) is 9.09. The highest BCUT2D eigenvalue weighted by Gasteiger charge is 2.57. The van der Waals surface area contributed by atoms with Crippen LogP contribution in [0.3, 0.4) is 0 Å². The molecule has 1 aliphatic heterocycles. The molecule has 0 saturated heterocycles. The SMILES string of the molecule is [B]OC(=O)C1(ON2C(=O)c3ccccc3C2=O)CC1. The van der Waals surface area contributed by atoms with E-state index in [1.807, 2.05) is 0 Å². The Hall–Kier alpha value is -2.15. The number of amides is 2. The minimum atomic E-state index is -1.30. The van der Waals surface area contributed by atoms with E-state index in [0.29, 0.717) is 17.9 Å². The van der Waals surface area contributed by atoms with E-state index in [4.69, 9.17) is 12.9 Å². The number of carbonyl (C=O) groups excluding carboxylic acids is 3. The standard InChI is InChI=1S/C12H8BNO5/c13-18-11(17)12(5-6-12)19-14-9(15)7-3-1-2-4-8(7)10(14)16/h1-4H,5-6H2. The van der Waals surface area contributed by atoms with Gasteiger partial charge in [0, 0.05) is 0 Å². The average molecular weight is 257 g/mol. The van der Waals surface area contributed by atoms with Crippen LogP contribution in [0.15, 0.2) is 24.3 Å². The van der Waals surface area contributed by atoms with Crippen LogP contribution in [-0.4, -0.2) is 36.5 Å². The minimum Gasteiger partial charge on any atom is -0.541 e. The van der Waals surface area contributed by atoms with Gasteiger partial charge in [0.05, 0.1) is 11.1 Å². The number of hydroxylamine groups is 2. The van der Waals surface area contributed by atoms with Crippen LogP contribution in [0.4, 0.5) is 0 Å². The molecule has 1 heterocycles. The van der Waals surface area contributed by atoms with Crippen LogP contribution in [0.2, 0.25) is 0 Å². The van der Waals surface area contributed by atoms with Crippen molar-refractivity contribution in [3.63, 3.8) is 0 Å². The van der Waals surface area contributed by atoms with E-state index in [2.05, 4.69) is 4.65 Å². The van der Waals surface area contributed by atoms with Crippen LogP contribution in [0, 0.1) is 0 Å². The van der Waals surface area contributed by atoms with E-state index < -0.39 is 23.4 Å². The number of nitrogens with zero attached hydrogens (tertiary/aromatic N) is 1. The van der Waals surface area contributed by atoms with Crippen LogP contribution in [0.1, 0.15) is 33.6 Å². The first-order valence-electron chi connectivity index (χ1n) is 5.67. The second-order valence-electron chi connectivity index (χ2n) is 4.44. The van der Waals surface area contributed by atoms with E-state index in [1.54, 1.807) is 12.1 Å². The summed E-state index contributed by atoms with van der Waals surface area (Å²) in [5, 5.41) is 0.606. The molecule has 1 fully saturated rings. The summed E-state index contributed by atoms with van der Waals surface area (Å²) in [5.74, 6) is -1.96. The number of fused-ring (bicyclic) bond motifs is 1. The predicted molar refractivity (Wildman–Crippen MR) is 61.8 cm³/mol. The molecule has 2 radical (unpaired) electrons. The maximum absolute atomic E-state index is 12.0. The summed E-state index contributed by atoms with van der Waals surface area (Å²) in [7, 11) is 4.81. The molecule has 19 heavy (non-hydrogen) atoms. The largest absolute Gasteiger partial charge is 0.541 e. The van der Waals surface area contributed by atoms with Gasteiger partial charge in [0.25, 0.3) is 11.8 Å². The number of hydrogen-bond acceptors (Lipinski definition) is 5. The zero-order valence-corrected chi connectivity index (χ0v) is 9.79. The number of hydrogen-bond donors (Lipinski definition) is 0. The molecule has 0 N–H and O–H groups in total. The Kier molecular flexibility index (Phi) is 2.46. The van der Waals surface area contributed by atoms with E-state index in [-0.39, 0.29) is 11.1 Å². The summed E-state index contributed by atoms with van der Waals surface area (Å²) in [6, 6.07) is 6.35. The second-order valence-corrected chi connectivity index (χ2v) is 4.44. The molecule has 2 aliphatic rings. The third-order valence-electron chi connectivity index (χ3n) is 3.21. The van der Waals surface area contributed by atoms with Gasteiger partial charge >= 0.3 is 14.0 Å². The summed E-state index contributed by atoms with van der Waals surface area (Å²) in [6.07, 6.45) is 0.715. The number of carbonyl (C=O) groups is 3. The van der Waals surface area contributed by atoms with Gasteiger partial charge in [-0.2, -0.15) is 0 Å². The van der Waals surface area contributed by atoms with Crippen LogP contribution in [0.5, 0.6) is 0 Å². The van der Waals surface area contributed by atoms with Crippen molar-refractivity contribution in [2.75, 3.05) is 0 Å². The predicted octanol–water partition coefficient (Wildman–Crippen LogP) is 0.373. The van der Waals surface area contributed by atoms with Crippen LogP contribution >= 0.6 is 0 Å². The molecule has 3 rings (SSSR count). The molecule has 1 aromatic carbocycles. The second kappa shape index (κ2) is 3.93. The fourth-order valence-corrected chi connectivity index (χ4v) is 1.98. The van der Waals surface area contributed by atoms with Gasteiger partial charge in [0.15, 0.2) is 5.60 Å². The molecular formula is C12H8BNO5. The zero-order valence-electron chi connectivity index (χ0n) is 9.79. The van der Waals surface area contributed by atoms with Crippen molar-refractivity contribution in [2.45, 2.75) is 18.4 Å². The van der Waals surface area contributed by atoms with E-state index in [9.17, 15) is 14.4 Å². The van der Waals surface area contributed by atoms with Crippen molar-refractivity contribution in [1.82, 2.24) is 5.06 Å².